The van der Waals surface area contributed by atoms with Gasteiger partial charge in [0.15, 0.2) is 0 Å². The van der Waals surface area contributed by atoms with Gasteiger partial charge in [0.2, 0.25) is 0 Å². The zero-order valence-corrected chi connectivity index (χ0v) is 17.0. The molecular formula is C22H17Cl2N3O2. The minimum absolute atomic E-state index is 0.248. The van der Waals surface area contributed by atoms with Crippen molar-refractivity contribution < 1.29 is 9.59 Å². The van der Waals surface area contributed by atoms with Crippen molar-refractivity contribution >= 4 is 46.4 Å². The largest absolute Gasteiger partial charge is 0.322 e. The van der Waals surface area contributed by atoms with E-state index in [2.05, 4.69) is 15.8 Å². The Hall–Kier alpha value is -3.15. The average Bonchev–Trinajstić information content (AvgIpc) is 2.72. The molecule has 2 N–H and O–H groups in total. The molecule has 0 atom stereocenters. The van der Waals surface area contributed by atoms with Crippen LogP contribution in [0.25, 0.3) is 0 Å². The fourth-order valence-electron chi connectivity index (χ4n) is 2.52. The fourth-order valence-corrected chi connectivity index (χ4v) is 2.84. The van der Waals surface area contributed by atoms with Gasteiger partial charge in [0.05, 0.1) is 5.71 Å². The lowest BCUT2D eigenvalue weighted by molar-refractivity contribution is 0.0954. The first kappa shape index (κ1) is 20.6. The number of nitrogens with zero attached hydrogens (tertiary/aromatic N) is 1. The van der Waals surface area contributed by atoms with E-state index < -0.39 is 0 Å². The summed E-state index contributed by atoms with van der Waals surface area (Å²) in [6, 6.07) is 20.4. The Balaban J connectivity index is 1.69. The highest BCUT2D eigenvalue weighted by molar-refractivity contribution is 6.31. The van der Waals surface area contributed by atoms with Crippen LogP contribution in [-0.2, 0) is 0 Å². The van der Waals surface area contributed by atoms with E-state index >= 15 is 0 Å². The zero-order valence-electron chi connectivity index (χ0n) is 15.4. The van der Waals surface area contributed by atoms with Crippen molar-refractivity contribution in [2.75, 3.05) is 5.32 Å². The van der Waals surface area contributed by atoms with Gasteiger partial charge in [0, 0.05) is 26.9 Å². The summed E-state index contributed by atoms with van der Waals surface area (Å²) in [6.07, 6.45) is 0. The van der Waals surface area contributed by atoms with Crippen LogP contribution < -0.4 is 10.7 Å². The van der Waals surface area contributed by atoms with E-state index in [0.29, 0.717) is 32.6 Å². The van der Waals surface area contributed by atoms with Crippen LogP contribution in [0, 0.1) is 0 Å². The summed E-state index contributed by atoms with van der Waals surface area (Å²) in [6.45, 7) is 1.76. The second-order valence-corrected chi connectivity index (χ2v) is 7.06. The first-order valence-corrected chi connectivity index (χ1v) is 9.45. The van der Waals surface area contributed by atoms with E-state index in [4.69, 9.17) is 23.2 Å². The number of hydrogen-bond donors (Lipinski definition) is 2. The quantitative estimate of drug-likeness (QED) is 0.424. The first-order chi connectivity index (χ1) is 13.9. The van der Waals surface area contributed by atoms with Gasteiger partial charge in [-0.25, -0.2) is 5.43 Å². The SMILES string of the molecule is C/C(=N/NC(=O)c1cccc(Cl)c1)c1cccc(NC(=O)c2ccc(Cl)cc2)c1. The molecule has 3 aromatic rings. The predicted molar refractivity (Wildman–Crippen MR) is 117 cm³/mol. The second-order valence-electron chi connectivity index (χ2n) is 6.19. The Bertz CT molecular complexity index is 1080. The monoisotopic (exact) mass is 425 g/mol. The third kappa shape index (κ3) is 5.67. The van der Waals surface area contributed by atoms with Crippen LogP contribution in [0.4, 0.5) is 5.69 Å². The molecule has 0 bridgehead atoms. The topological polar surface area (TPSA) is 70.6 Å². The molecule has 0 fully saturated rings. The molecule has 0 aliphatic rings. The van der Waals surface area contributed by atoms with E-state index in [-0.39, 0.29) is 11.8 Å². The van der Waals surface area contributed by atoms with E-state index in [0.717, 1.165) is 5.56 Å². The van der Waals surface area contributed by atoms with Gasteiger partial charge in [-0.05, 0) is 67.1 Å². The van der Waals surface area contributed by atoms with Crippen molar-refractivity contribution in [2.45, 2.75) is 6.92 Å². The molecule has 2 amide bonds. The minimum Gasteiger partial charge on any atom is -0.322 e. The van der Waals surface area contributed by atoms with Gasteiger partial charge in [-0.3, -0.25) is 9.59 Å². The molecule has 0 saturated heterocycles. The summed E-state index contributed by atoms with van der Waals surface area (Å²) in [7, 11) is 0. The highest BCUT2D eigenvalue weighted by atomic mass is 35.5. The number of hydrazone groups is 1. The molecule has 0 saturated carbocycles. The van der Waals surface area contributed by atoms with Crippen LogP contribution in [-0.4, -0.2) is 17.5 Å². The first-order valence-electron chi connectivity index (χ1n) is 8.70. The number of halogens is 2. The van der Waals surface area contributed by atoms with E-state index in [1.807, 2.05) is 6.07 Å². The molecule has 7 heteroatoms. The van der Waals surface area contributed by atoms with Gasteiger partial charge in [0.1, 0.15) is 0 Å². The van der Waals surface area contributed by atoms with Crippen molar-refractivity contribution in [3.05, 3.63) is 99.5 Å². The minimum atomic E-state index is -0.362. The van der Waals surface area contributed by atoms with Gasteiger partial charge in [-0.2, -0.15) is 5.10 Å². The second kappa shape index (κ2) is 9.37. The third-order valence-corrected chi connectivity index (χ3v) is 4.54. The Morgan fingerprint density at radius 2 is 1.45 bits per heavy atom. The summed E-state index contributed by atoms with van der Waals surface area (Å²) < 4.78 is 0. The Kier molecular flexibility index (Phi) is 6.65. The van der Waals surface area contributed by atoms with Crippen LogP contribution in [0.2, 0.25) is 10.0 Å². The smallest absolute Gasteiger partial charge is 0.271 e. The number of anilines is 1. The molecule has 0 unspecified atom stereocenters. The maximum atomic E-state index is 12.4. The summed E-state index contributed by atoms with van der Waals surface area (Å²) in [5.41, 5.74) is 5.37. The molecular weight excluding hydrogens is 409 g/mol. The maximum Gasteiger partial charge on any atom is 0.271 e. The normalized spacial score (nSPS) is 11.1. The molecule has 0 radical (unpaired) electrons. The lowest BCUT2D eigenvalue weighted by Crippen LogP contribution is -2.19. The van der Waals surface area contributed by atoms with Gasteiger partial charge >= 0.3 is 0 Å². The van der Waals surface area contributed by atoms with Gasteiger partial charge < -0.3 is 5.32 Å². The molecule has 29 heavy (non-hydrogen) atoms. The maximum absolute atomic E-state index is 12.4. The average molecular weight is 426 g/mol. The summed E-state index contributed by atoms with van der Waals surface area (Å²) in [5, 5.41) is 8.01. The van der Waals surface area contributed by atoms with Gasteiger partial charge in [0.25, 0.3) is 11.8 Å². The number of hydrogen-bond acceptors (Lipinski definition) is 3. The van der Waals surface area contributed by atoms with Crippen LogP contribution >= 0.6 is 23.2 Å². The number of benzene rings is 3. The van der Waals surface area contributed by atoms with Crippen LogP contribution in [0.15, 0.2) is 77.9 Å². The molecule has 0 heterocycles. The van der Waals surface area contributed by atoms with E-state index in [1.165, 1.54) is 0 Å². The molecule has 0 aliphatic heterocycles. The van der Waals surface area contributed by atoms with E-state index in [9.17, 15) is 9.59 Å². The van der Waals surface area contributed by atoms with E-state index in [1.54, 1.807) is 73.7 Å². The Morgan fingerprint density at radius 1 is 0.759 bits per heavy atom. The van der Waals surface area contributed by atoms with Crippen molar-refractivity contribution in [3.8, 4) is 0 Å². The van der Waals surface area contributed by atoms with Crippen molar-refractivity contribution in [3.63, 3.8) is 0 Å². The number of nitrogens with one attached hydrogen (secondary N) is 2. The summed E-state index contributed by atoms with van der Waals surface area (Å²) >= 11 is 11.8. The molecule has 0 aromatic heterocycles. The molecule has 3 aromatic carbocycles. The molecule has 5 nitrogen and oxygen atoms in total. The van der Waals surface area contributed by atoms with Gasteiger partial charge in [-0.1, -0.05) is 41.4 Å². The highest BCUT2D eigenvalue weighted by Gasteiger charge is 2.08. The molecule has 0 spiro atoms. The number of carbonyl (C=O) groups excluding carboxylic acids is 2. The van der Waals surface area contributed by atoms with Crippen molar-refractivity contribution in [1.82, 2.24) is 5.43 Å². The summed E-state index contributed by atoms with van der Waals surface area (Å²) in [5.74, 6) is -0.610. The third-order valence-electron chi connectivity index (χ3n) is 4.06. The fraction of sp³-hybridized carbons (Fsp3) is 0.0455. The van der Waals surface area contributed by atoms with Crippen molar-refractivity contribution in [1.29, 1.82) is 0 Å². The standard InChI is InChI=1S/C22H17Cl2N3O2/c1-14(26-27-22(29)17-5-2-6-19(24)12-17)16-4-3-7-20(13-16)25-21(28)15-8-10-18(23)11-9-15/h2-13H,1H3,(H,25,28)(H,27,29)/b26-14-. The van der Waals surface area contributed by atoms with Crippen LogP contribution in [0.3, 0.4) is 0 Å². The number of rotatable bonds is 5. The molecule has 3 rings (SSSR count). The molecule has 146 valence electrons. The number of carbonyl (C=O) groups is 2. The lowest BCUT2D eigenvalue weighted by atomic mass is 10.1. The number of amides is 2. The summed E-state index contributed by atoms with van der Waals surface area (Å²) in [4.78, 5) is 24.5. The Morgan fingerprint density at radius 3 is 2.17 bits per heavy atom. The van der Waals surface area contributed by atoms with Crippen molar-refractivity contribution in [2.24, 2.45) is 5.10 Å². The lowest BCUT2D eigenvalue weighted by Gasteiger charge is -2.08. The molecule has 0 aliphatic carbocycles. The highest BCUT2D eigenvalue weighted by Crippen LogP contribution is 2.15. The van der Waals surface area contributed by atoms with Crippen LogP contribution in [0.1, 0.15) is 33.2 Å². The van der Waals surface area contributed by atoms with Crippen LogP contribution in [0.5, 0.6) is 0 Å². The predicted octanol–water partition coefficient (Wildman–Crippen LogP) is 5.40. The van der Waals surface area contributed by atoms with Gasteiger partial charge in [-0.15, -0.1) is 0 Å². The Labute approximate surface area is 178 Å². The zero-order chi connectivity index (χ0) is 20.8.